The highest BCUT2D eigenvalue weighted by Gasteiger charge is 2.40. The standard InChI is InChI=1S/C20H21N3O5/c1-12-6-4-5-7-15(12)23-18(24)11-14(20(23)26)21-22-19(25)13-8-9-16(27-2)17(10-13)28-3/h4-10,14,21H,11H2,1-3H3,(H,22,25)/t14-/m0/s1. The van der Waals surface area contributed by atoms with E-state index in [1.54, 1.807) is 24.3 Å². The quantitative estimate of drug-likeness (QED) is 0.581. The highest BCUT2D eigenvalue weighted by atomic mass is 16.5. The molecule has 0 aromatic heterocycles. The van der Waals surface area contributed by atoms with Gasteiger partial charge in [0.05, 0.1) is 26.3 Å². The summed E-state index contributed by atoms with van der Waals surface area (Å²) in [5.74, 6) is -0.287. The number of methoxy groups -OCH3 is 2. The molecule has 1 aliphatic heterocycles. The summed E-state index contributed by atoms with van der Waals surface area (Å²) in [7, 11) is 2.98. The van der Waals surface area contributed by atoms with Crippen molar-refractivity contribution in [2.45, 2.75) is 19.4 Å². The number of benzene rings is 2. The molecule has 3 amide bonds. The van der Waals surface area contributed by atoms with Crippen LogP contribution < -0.4 is 25.2 Å². The fourth-order valence-corrected chi connectivity index (χ4v) is 3.01. The van der Waals surface area contributed by atoms with Crippen molar-refractivity contribution in [3.8, 4) is 11.5 Å². The van der Waals surface area contributed by atoms with Crippen LogP contribution in [0, 0.1) is 6.92 Å². The number of nitrogens with zero attached hydrogens (tertiary/aromatic N) is 1. The zero-order valence-corrected chi connectivity index (χ0v) is 15.8. The maximum Gasteiger partial charge on any atom is 0.265 e. The smallest absolute Gasteiger partial charge is 0.265 e. The number of carbonyl (C=O) groups excluding carboxylic acids is 3. The van der Waals surface area contributed by atoms with Crippen LogP contribution in [-0.4, -0.2) is 38.0 Å². The Labute approximate surface area is 162 Å². The third-order valence-electron chi connectivity index (χ3n) is 4.51. The minimum absolute atomic E-state index is 0.0423. The minimum atomic E-state index is -0.837. The summed E-state index contributed by atoms with van der Waals surface area (Å²) in [5.41, 5.74) is 6.83. The predicted molar refractivity (Wildman–Crippen MR) is 102 cm³/mol. The summed E-state index contributed by atoms with van der Waals surface area (Å²) in [6, 6.07) is 11.0. The van der Waals surface area contributed by atoms with Crippen molar-refractivity contribution in [3.63, 3.8) is 0 Å². The van der Waals surface area contributed by atoms with E-state index in [-0.39, 0.29) is 12.3 Å². The zero-order chi connectivity index (χ0) is 20.3. The Balaban J connectivity index is 1.68. The summed E-state index contributed by atoms with van der Waals surface area (Å²) in [6.07, 6.45) is -0.0423. The van der Waals surface area contributed by atoms with E-state index < -0.39 is 17.9 Å². The predicted octanol–water partition coefficient (Wildman–Crippen LogP) is 1.58. The van der Waals surface area contributed by atoms with Gasteiger partial charge < -0.3 is 9.47 Å². The summed E-state index contributed by atoms with van der Waals surface area (Å²) in [6.45, 7) is 1.83. The van der Waals surface area contributed by atoms with Crippen LogP contribution in [0.15, 0.2) is 42.5 Å². The summed E-state index contributed by atoms with van der Waals surface area (Å²) < 4.78 is 10.3. The molecule has 1 heterocycles. The van der Waals surface area contributed by atoms with Crippen LogP contribution in [0.1, 0.15) is 22.3 Å². The van der Waals surface area contributed by atoms with Gasteiger partial charge in [0.2, 0.25) is 5.91 Å². The Hall–Kier alpha value is -3.39. The molecule has 3 rings (SSSR count). The number of hydrazine groups is 1. The van der Waals surface area contributed by atoms with Crippen LogP contribution in [0.4, 0.5) is 5.69 Å². The molecule has 0 radical (unpaired) electrons. The van der Waals surface area contributed by atoms with Gasteiger partial charge in [-0.25, -0.2) is 10.3 Å². The number of hydrogen-bond acceptors (Lipinski definition) is 6. The molecular formula is C20H21N3O5. The van der Waals surface area contributed by atoms with Crippen molar-refractivity contribution in [1.29, 1.82) is 0 Å². The van der Waals surface area contributed by atoms with Crippen LogP contribution in [0.25, 0.3) is 0 Å². The van der Waals surface area contributed by atoms with E-state index in [0.717, 1.165) is 10.5 Å². The molecule has 2 aromatic carbocycles. The lowest BCUT2D eigenvalue weighted by Crippen LogP contribution is -2.48. The molecule has 8 nitrogen and oxygen atoms in total. The fraction of sp³-hybridized carbons (Fsp3) is 0.250. The van der Waals surface area contributed by atoms with E-state index in [9.17, 15) is 14.4 Å². The molecule has 0 saturated carbocycles. The number of para-hydroxylation sites is 1. The number of nitrogens with one attached hydrogen (secondary N) is 2. The van der Waals surface area contributed by atoms with Gasteiger partial charge in [0.15, 0.2) is 11.5 Å². The first-order valence-electron chi connectivity index (χ1n) is 8.66. The molecule has 2 aromatic rings. The van der Waals surface area contributed by atoms with Crippen molar-refractivity contribution < 1.29 is 23.9 Å². The first kappa shape index (κ1) is 19.4. The van der Waals surface area contributed by atoms with Gasteiger partial charge in [0.25, 0.3) is 11.8 Å². The Bertz CT molecular complexity index is 928. The molecule has 1 aliphatic rings. The summed E-state index contributed by atoms with van der Waals surface area (Å²) in [5, 5.41) is 0. The van der Waals surface area contributed by atoms with Gasteiger partial charge in [-0.15, -0.1) is 0 Å². The Morgan fingerprint density at radius 3 is 2.46 bits per heavy atom. The Kier molecular flexibility index (Phi) is 5.60. The molecule has 2 N–H and O–H groups in total. The lowest BCUT2D eigenvalue weighted by molar-refractivity contribution is -0.121. The summed E-state index contributed by atoms with van der Waals surface area (Å²) >= 11 is 0. The molecule has 1 saturated heterocycles. The second-order valence-corrected chi connectivity index (χ2v) is 6.28. The van der Waals surface area contributed by atoms with E-state index in [2.05, 4.69) is 10.9 Å². The van der Waals surface area contributed by atoms with Crippen molar-refractivity contribution in [2.24, 2.45) is 0 Å². The molecule has 146 valence electrons. The maximum atomic E-state index is 12.7. The highest BCUT2D eigenvalue weighted by Crippen LogP contribution is 2.28. The molecule has 1 atom stereocenters. The van der Waals surface area contributed by atoms with E-state index in [0.29, 0.717) is 22.7 Å². The van der Waals surface area contributed by atoms with Crippen LogP contribution >= 0.6 is 0 Å². The summed E-state index contributed by atoms with van der Waals surface area (Å²) in [4.78, 5) is 38.5. The van der Waals surface area contributed by atoms with Gasteiger partial charge in [-0.05, 0) is 36.8 Å². The average Bonchev–Trinajstić information content (AvgIpc) is 2.99. The lowest BCUT2D eigenvalue weighted by atomic mass is 10.2. The molecule has 1 fully saturated rings. The van der Waals surface area contributed by atoms with Crippen LogP contribution in [-0.2, 0) is 9.59 Å². The number of hydrogen-bond donors (Lipinski definition) is 2. The number of rotatable bonds is 6. The number of carbonyl (C=O) groups is 3. The second-order valence-electron chi connectivity index (χ2n) is 6.28. The maximum absolute atomic E-state index is 12.7. The van der Waals surface area contributed by atoms with E-state index >= 15 is 0 Å². The highest BCUT2D eigenvalue weighted by molar-refractivity contribution is 6.22. The molecule has 28 heavy (non-hydrogen) atoms. The van der Waals surface area contributed by atoms with E-state index in [4.69, 9.17) is 9.47 Å². The third-order valence-corrected chi connectivity index (χ3v) is 4.51. The largest absolute Gasteiger partial charge is 0.493 e. The van der Waals surface area contributed by atoms with Gasteiger partial charge in [-0.3, -0.25) is 19.8 Å². The van der Waals surface area contributed by atoms with Crippen molar-refractivity contribution in [1.82, 2.24) is 10.9 Å². The van der Waals surface area contributed by atoms with Crippen molar-refractivity contribution in [2.75, 3.05) is 19.1 Å². The normalized spacial score (nSPS) is 16.2. The molecule has 0 aliphatic carbocycles. The van der Waals surface area contributed by atoms with Gasteiger partial charge in [-0.1, -0.05) is 18.2 Å². The number of imide groups is 1. The second kappa shape index (κ2) is 8.10. The minimum Gasteiger partial charge on any atom is -0.493 e. The monoisotopic (exact) mass is 383 g/mol. The van der Waals surface area contributed by atoms with Crippen LogP contribution in [0.5, 0.6) is 11.5 Å². The van der Waals surface area contributed by atoms with Crippen LogP contribution in [0.2, 0.25) is 0 Å². The van der Waals surface area contributed by atoms with E-state index in [1.807, 2.05) is 19.1 Å². The Morgan fingerprint density at radius 2 is 1.79 bits per heavy atom. The SMILES string of the molecule is COc1ccc(C(=O)NN[C@H]2CC(=O)N(c3ccccc3C)C2=O)cc1OC. The fourth-order valence-electron chi connectivity index (χ4n) is 3.01. The van der Waals surface area contributed by atoms with Gasteiger partial charge in [0, 0.05) is 5.56 Å². The first-order valence-corrected chi connectivity index (χ1v) is 8.66. The van der Waals surface area contributed by atoms with Crippen molar-refractivity contribution in [3.05, 3.63) is 53.6 Å². The third kappa shape index (κ3) is 3.67. The number of anilines is 1. The molecule has 0 bridgehead atoms. The lowest BCUT2D eigenvalue weighted by Gasteiger charge is -2.18. The Morgan fingerprint density at radius 1 is 1.07 bits per heavy atom. The van der Waals surface area contributed by atoms with E-state index in [1.165, 1.54) is 20.3 Å². The number of aryl methyl sites for hydroxylation is 1. The first-order chi connectivity index (χ1) is 13.5. The molecular weight excluding hydrogens is 362 g/mol. The molecule has 8 heteroatoms. The van der Waals surface area contributed by atoms with Gasteiger partial charge in [-0.2, -0.15) is 0 Å². The zero-order valence-electron chi connectivity index (χ0n) is 15.8. The molecule has 0 spiro atoms. The van der Waals surface area contributed by atoms with Gasteiger partial charge in [0.1, 0.15) is 6.04 Å². The number of ether oxygens (including phenoxy) is 2. The number of amides is 3. The average molecular weight is 383 g/mol. The van der Waals surface area contributed by atoms with Crippen molar-refractivity contribution >= 4 is 23.4 Å². The van der Waals surface area contributed by atoms with Crippen LogP contribution in [0.3, 0.4) is 0 Å². The van der Waals surface area contributed by atoms with Gasteiger partial charge >= 0.3 is 0 Å². The molecule has 0 unspecified atom stereocenters. The topological polar surface area (TPSA) is 97.0 Å².